The molecule has 0 aliphatic carbocycles. The number of benzene rings is 1. The van der Waals surface area contributed by atoms with E-state index in [0.29, 0.717) is 29.7 Å². The zero-order valence-corrected chi connectivity index (χ0v) is 19.9. The largest absolute Gasteiger partial charge is 0.491 e. The van der Waals surface area contributed by atoms with Gasteiger partial charge < -0.3 is 20.1 Å². The van der Waals surface area contributed by atoms with Gasteiger partial charge in [-0.3, -0.25) is 4.40 Å². The van der Waals surface area contributed by atoms with E-state index >= 15 is 0 Å². The molecule has 35 heavy (non-hydrogen) atoms. The van der Waals surface area contributed by atoms with Crippen molar-refractivity contribution in [2.45, 2.75) is 12.8 Å². The fraction of sp³-hybridized carbons (Fsp3) is 0.296. The van der Waals surface area contributed by atoms with Crippen molar-refractivity contribution >= 4 is 11.2 Å². The number of piperidine rings is 1. The van der Waals surface area contributed by atoms with E-state index in [1.807, 2.05) is 40.9 Å². The highest BCUT2D eigenvalue weighted by Gasteiger charge is 2.21. The van der Waals surface area contributed by atoms with Gasteiger partial charge >= 0.3 is 0 Å². The van der Waals surface area contributed by atoms with Crippen LogP contribution in [-0.2, 0) is 0 Å². The number of aromatic nitrogens is 3. The number of nitrogen functional groups attached to an aromatic ring is 1. The van der Waals surface area contributed by atoms with Crippen molar-refractivity contribution in [3.05, 3.63) is 60.7 Å². The highest BCUT2D eigenvalue weighted by Crippen LogP contribution is 2.39. The maximum Gasteiger partial charge on any atom is 0.236 e. The molecule has 0 bridgehead atoms. The summed E-state index contributed by atoms with van der Waals surface area (Å²) >= 11 is 0. The number of ether oxygens (including phenoxy) is 2. The summed E-state index contributed by atoms with van der Waals surface area (Å²) in [5.74, 6) is 1.64. The summed E-state index contributed by atoms with van der Waals surface area (Å²) in [6.07, 6.45) is 7.69. The minimum Gasteiger partial charge on any atom is -0.491 e. The molecule has 178 valence electrons. The van der Waals surface area contributed by atoms with Crippen molar-refractivity contribution in [3.63, 3.8) is 0 Å². The standard InChI is InChI=1S/C27H28N6O2/c1-32-9-3-4-19(15-32)16-35-25-11-22(20-7-5-18(12-28)6-8-20)26(33-17-30-14-24(25)33)21-10-23(29)27(34-2)31-13-21/h5-8,10-11,13-14,17,19H,3-4,9,15-16,29H2,1-2H3. The van der Waals surface area contributed by atoms with Crippen LogP contribution in [0.3, 0.4) is 0 Å². The first-order valence-electron chi connectivity index (χ1n) is 11.7. The average molecular weight is 469 g/mol. The molecule has 8 nitrogen and oxygen atoms in total. The first-order chi connectivity index (χ1) is 17.1. The number of hydrogen-bond acceptors (Lipinski definition) is 7. The average Bonchev–Trinajstić information content (AvgIpc) is 3.37. The quantitative estimate of drug-likeness (QED) is 0.451. The highest BCUT2D eigenvalue weighted by atomic mass is 16.5. The Morgan fingerprint density at radius 3 is 2.71 bits per heavy atom. The summed E-state index contributed by atoms with van der Waals surface area (Å²) < 4.78 is 13.7. The van der Waals surface area contributed by atoms with Gasteiger partial charge in [0.15, 0.2) is 0 Å². The summed E-state index contributed by atoms with van der Waals surface area (Å²) in [7, 11) is 3.71. The highest BCUT2D eigenvalue weighted by molar-refractivity contribution is 5.87. The van der Waals surface area contributed by atoms with Gasteiger partial charge in [0, 0.05) is 29.8 Å². The van der Waals surface area contributed by atoms with Crippen molar-refractivity contribution in [3.8, 4) is 40.1 Å². The molecule has 1 atom stereocenters. The number of pyridine rings is 2. The molecule has 0 spiro atoms. The molecule has 1 fully saturated rings. The van der Waals surface area contributed by atoms with Crippen LogP contribution in [0.15, 0.2) is 55.1 Å². The maximum absolute atomic E-state index is 9.26. The van der Waals surface area contributed by atoms with E-state index in [2.05, 4.69) is 34.1 Å². The molecule has 1 aliphatic heterocycles. The monoisotopic (exact) mass is 468 g/mol. The Morgan fingerprint density at radius 2 is 2.00 bits per heavy atom. The van der Waals surface area contributed by atoms with Crippen molar-refractivity contribution in [2.75, 3.05) is 39.6 Å². The molecule has 0 saturated carbocycles. The lowest BCUT2D eigenvalue weighted by Crippen LogP contribution is -2.34. The number of nitriles is 1. The van der Waals surface area contributed by atoms with Crippen molar-refractivity contribution in [1.82, 2.24) is 19.3 Å². The van der Waals surface area contributed by atoms with Gasteiger partial charge in [0.2, 0.25) is 5.88 Å². The molecule has 5 rings (SSSR count). The molecule has 3 aromatic heterocycles. The smallest absolute Gasteiger partial charge is 0.236 e. The third kappa shape index (κ3) is 4.51. The molecule has 8 heteroatoms. The molecule has 2 N–H and O–H groups in total. The Kier molecular flexibility index (Phi) is 6.25. The third-order valence-corrected chi connectivity index (χ3v) is 6.53. The summed E-state index contributed by atoms with van der Waals surface area (Å²) in [6, 6.07) is 13.6. The summed E-state index contributed by atoms with van der Waals surface area (Å²) in [5.41, 5.74) is 11.7. The van der Waals surface area contributed by atoms with Crippen LogP contribution in [0.1, 0.15) is 18.4 Å². The Balaban J connectivity index is 1.63. The number of nitrogens with two attached hydrogens (primary N) is 1. The predicted molar refractivity (Wildman–Crippen MR) is 135 cm³/mol. The minimum atomic E-state index is 0.382. The zero-order valence-electron chi connectivity index (χ0n) is 19.9. The zero-order chi connectivity index (χ0) is 24.4. The number of fused-ring (bicyclic) bond motifs is 1. The van der Waals surface area contributed by atoms with Crippen LogP contribution in [-0.4, -0.2) is 53.1 Å². The molecule has 1 aromatic carbocycles. The van der Waals surface area contributed by atoms with Crippen LogP contribution in [0.5, 0.6) is 11.6 Å². The maximum atomic E-state index is 9.26. The molecule has 4 aromatic rings. The van der Waals surface area contributed by atoms with Crippen LogP contribution in [0, 0.1) is 17.2 Å². The lowest BCUT2D eigenvalue weighted by atomic mass is 9.98. The van der Waals surface area contributed by atoms with E-state index in [4.69, 9.17) is 15.2 Å². The van der Waals surface area contributed by atoms with E-state index in [0.717, 1.165) is 53.2 Å². The number of imidazole rings is 1. The van der Waals surface area contributed by atoms with Gasteiger partial charge in [-0.25, -0.2) is 9.97 Å². The van der Waals surface area contributed by atoms with Crippen molar-refractivity contribution < 1.29 is 9.47 Å². The van der Waals surface area contributed by atoms with Gasteiger partial charge in [-0.1, -0.05) is 12.1 Å². The molecule has 1 unspecified atom stereocenters. The van der Waals surface area contributed by atoms with Crippen LogP contribution >= 0.6 is 0 Å². The van der Waals surface area contributed by atoms with Crippen LogP contribution in [0.2, 0.25) is 0 Å². The van der Waals surface area contributed by atoms with Crippen molar-refractivity contribution in [2.24, 2.45) is 5.92 Å². The molecular formula is C27H28N6O2. The SMILES string of the molecule is COc1ncc(-c2c(-c3ccc(C#N)cc3)cc(OCC3CCCN(C)C3)c3cncn23)cc1N. The van der Waals surface area contributed by atoms with Gasteiger partial charge in [-0.05, 0) is 56.3 Å². The molecule has 1 aliphatic rings. The van der Waals surface area contributed by atoms with Crippen molar-refractivity contribution in [1.29, 1.82) is 5.26 Å². The summed E-state index contributed by atoms with van der Waals surface area (Å²) in [4.78, 5) is 11.2. The molecule has 4 heterocycles. The fourth-order valence-electron chi connectivity index (χ4n) is 4.80. The minimum absolute atomic E-state index is 0.382. The van der Waals surface area contributed by atoms with Gasteiger partial charge in [0.05, 0.1) is 49.3 Å². The fourth-order valence-corrected chi connectivity index (χ4v) is 4.80. The second kappa shape index (κ2) is 9.65. The van der Waals surface area contributed by atoms with Crippen LogP contribution < -0.4 is 15.2 Å². The molecule has 0 amide bonds. The number of likely N-dealkylation sites (tertiary alicyclic amines) is 1. The van der Waals surface area contributed by atoms with E-state index in [9.17, 15) is 5.26 Å². The van der Waals surface area contributed by atoms with E-state index in [1.54, 1.807) is 19.6 Å². The predicted octanol–water partition coefficient (Wildman–Crippen LogP) is 4.25. The van der Waals surface area contributed by atoms with Gasteiger partial charge in [-0.15, -0.1) is 0 Å². The Labute approximate surface area is 204 Å². The Bertz CT molecular complexity index is 1390. The summed E-state index contributed by atoms with van der Waals surface area (Å²) in [6.45, 7) is 2.82. The van der Waals surface area contributed by atoms with E-state index < -0.39 is 0 Å². The van der Waals surface area contributed by atoms with Crippen LogP contribution in [0.25, 0.3) is 27.9 Å². The number of anilines is 1. The second-order valence-corrected chi connectivity index (χ2v) is 9.01. The molecule has 1 saturated heterocycles. The normalized spacial score (nSPS) is 16.2. The number of methoxy groups -OCH3 is 1. The second-order valence-electron chi connectivity index (χ2n) is 9.01. The van der Waals surface area contributed by atoms with Gasteiger partial charge in [0.1, 0.15) is 11.3 Å². The number of rotatable bonds is 6. The Morgan fingerprint density at radius 1 is 1.17 bits per heavy atom. The summed E-state index contributed by atoms with van der Waals surface area (Å²) in [5, 5.41) is 9.26. The molecule has 0 radical (unpaired) electrons. The topological polar surface area (TPSA) is 102 Å². The van der Waals surface area contributed by atoms with E-state index in [-0.39, 0.29) is 0 Å². The number of hydrogen-bond donors (Lipinski definition) is 1. The lowest BCUT2D eigenvalue weighted by molar-refractivity contribution is 0.151. The first kappa shape index (κ1) is 22.7. The van der Waals surface area contributed by atoms with Gasteiger partial charge in [-0.2, -0.15) is 5.26 Å². The van der Waals surface area contributed by atoms with E-state index in [1.165, 1.54) is 6.42 Å². The number of nitrogens with zero attached hydrogens (tertiary/aromatic N) is 5. The third-order valence-electron chi connectivity index (χ3n) is 6.53. The van der Waals surface area contributed by atoms with Crippen LogP contribution in [0.4, 0.5) is 5.69 Å². The first-order valence-corrected chi connectivity index (χ1v) is 11.7. The van der Waals surface area contributed by atoms with Gasteiger partial charge in [0.25, 0.3) is 0 Å². The molecular weight excluding hydrogens is 440 g/mol. The Hall–Kier alpha value is -4.09. The lowest BCUT2D eigenvalue weighted by Gasteiger charge is -2.29.